The van der Waals surface area contributed by atoms with Gasteiger partial charge in [0.25, 0.3) is 0 Å². The van der Waals surface area contributed by atoms with Crippen LogP contribution in [0.2, 0.25) is 0 Å². The highest BCUT2D eigenvalue weighted by molar-refractivity contribution is 9.10. The highest BCUT2D eigenvalue weighted by atomic mass is 79.9. The number of halogens is 1. The lowest BCUT2D eigenvalue weighted by Crippen LogP contribution is -2.54. The summed E-state index contributed by atoms with van der Waals surface area (Å²) in [5, 5.41) is 3.49. The maximum absolute atomic E-state index is 12.5. The molecule has 2 rings (SSSR count). The Morgan fingerprint density at radius 2 is 2.20 bits per heavy atom. The van der Waals surface area contributed by atoms with Crippen molar-refractivity contribution in [2.75, 3.05) is 12.4 Å². The van der Waals surface area contributed by atoms with Gasteiger partial charge in [0.2, 0.25) is 0 Å². The van der Waals surface area contributed by atoms with E-state index < -0.39 is 5.54 Å². The Labute approximate surface area is 129 Å². The Morgan fingerprint density at radius 1 is 1.45 bits per heavy atom. The zero-order valence-electron chi connectivity index (χ0n) is 12.1. The molecule has 2 unspecified atom stereocenters. The van der Waals surface area contributed by atoms with Crippen LogP contribution in [0.4, 0.5) is 5.69 Å². The van der Waals surface area contributed by atoms with Gasteiger partial charge in [0.05, 0.1) is 7.11 Å². The van der Waals surface area contributed by atoms with E-state index in [4.69, 9.17) is 4.74 Å². The number of hydrogen-bond acceptors (Lipinski definition) is 3. The average molecular weight is 340 g/mol. The average Bonchev–Trinajstić information content (AvgIpc) is 2.49. The third-order valence-corrected chi connectivity index (χ3v) is 5.04. The number of para-hydroxylation sites is 1. The third-order valence-electron chi connectivity index (χ3n) is 4.34. The second kappa shape index (κ2) is 6.61. The molecule has 1 aliphatic rings. The summed E-state index contributed by atoms with van der Waals surface area (Å²) in [7, 11) is 1.48. The number of benzene rings is 1. The van der Waals surface area contributed by atoms with Crippen molar-refractivity contribution in [3.63, 3.8) is 0 Å². The van der Waals surface area contributed by atoms with Crippen molar-refractivity contribution < 1.29 is 9.53 Å². The molecular formula is C16H22BrNO2. The van der Waals surface area contributed by atoms with E-state index in [0.717, 1.165) is 35.8 Å². The van der Waals surface area contributed by atoms with E-state index in [1.807, 2.05) is 24.3 Å². The predicted molar refractivity (Wildman–Crippen MR) is 84.8 cm³/mol. The van der Waals surface area contributed by atoms with Gasteiger partial charge in [-0.15, -0.1) is 0 Å². The van der Waals surface area contributed by atoms with Gasteiger partial charge < -0.3 is 10.1 Å². The second-order valence-corrected chi connectivity index (χ2v) is 6.27. The molecule has 0 bridgehead atoms. The summed E-state index contributed by atoms with van der Waals surface area (Å²) in [6, 6.07) is 7.92. The monoisotopic (exact) mass is 339 g/mol. The molecule has 1 aromatic rings. The molecule has 1 saturated carbocycles. The fourth-order valence-electron chi connectivity index (χ4n) is 3.27. The Kier molecular flexibility index (Phi) is 5.08. The zero-order chi connectivity index (χ0) is 14.6. The summed E-state index contributed by atoms with van der Waals surface area (Å²) in [6.07, 6.45) is 5.13. The van der Waals surface area contributed by atoms with E-state index in [1.54, 1.807) is 0 Å². The first-order valence-corrected chi connectivity index (χ1v) is 8.04. The fraction of sp³-hybridized carbons (Fsp3) is 0.562. The van der Waals surface area contributed by atoms with Gasteiger partial charge in [0.15, 0.2) is 0 Å². The highest BCUT2D eigenvalue weighted by Crippen LogP contribution is 2.40. The summed E-state index contributed by atoms with van der Waals surface area (Å²) in [4.78, 5) is 12.5. The van der Waals surface area contributed by atoms with Crippen molar-refractivity contribution in [2.45, 2.75) is 44.6 Å². The van der Waals surface area contributed by atoms with Crippen molar-refractivity contribution in [3.8, 4) is 0 Å². The number of carbonyl (C=O) groups excluding carboxylic acids is 1. The number of esters is 1. The summed E-state index contributed by atoms with van der Waals surface area (Å²) in [5.74, 6) is 0.176. The zero-order valence-corrected chi connectivity index (χ0v) is 13.7. The molecule has 2 atom stereocenters. The van der Waals surface area contributed by atoms with Gasteiger partial charge in [-0.1, -0.05) is 38.3 Å². The van der Waals surface area contributed by atoms with Crippen molar-refractivity contribution >= 4 is 27.6 Å². The number of rotatable bonds is 4. The van der Waals surface area contributed by atoms with Gasteiger partial charge in [0, 0.05) is 10.2 Å². The van der Waals surface area contributed by atoms with Crippen LogP contribution in [0.1, 0.15) is 39.0 Å². The minimum atomic E-state index is -0.592. The first kappa shape index (κ1) is 15.4. The van der Waals surface area contributed by atoms with E-state index in [1.165, 1.54) is 13.5 Å². The number of ether oxygens (including phenoxy) is 1. The predicted octanol–water partition coefficient (Wildman–Crippen LogP) is 4.37. The number of carbonyl (C=O) groups is 1. The molecule has 3 nitrogen and oxygen atoms in total. The number of nitrogens with one attached hydrogen (secondary N) is 1. The fourth-order valence-corrected chi connectivity index (χ4v) is 3.65. The standard InChI is InChI=1S/C16H22BrNO2/c1-3-12-8-6-7-11-16(12,15(19)20-2)18-14-10-5-4-9-13(14)17/h4-5,9-10,12,18H,3,6-8,11H2,1-2H3. The number of methoxy groups -OCH3 is 1. The molecule has 110 valence electrons. The molecule has 4 heteroatoms. The largest absolute Gasteiger partial charge is 0.467 e. The van der Waals surface area contributed by atoms with Crippen LogP contribution in [0.15, 0.2) is 28.7 Å². The lowest BCUT2D eigenvalue weighted by atomic mass is 9.71. The Balaban J connectivity index is 2.36. The molecule has 0 aromatic heterocycles. The lowest BCUT2D eigenvalue weighted by Gasteiger charge is -2.42. The van der Waals surface area contributed by atoms with Crippen molar-refractivity contribution in [1.29, 1.82) is 0 Å². The van der Waals surface area contributed by atoms with Gasteiger partial charge in [-0.05, 0) is 46.8 Å². The van der Waals surface area contributed by atoms with Gasteiger partial charge in [-0.2, -0.15) is 0 Å². The summed E-state index contributed by atoms with van der Waals surface area (Å²) in [5.41, 5.74) is 0.365. The van der Waals surface area contributed by atoms with Crippen LogP contribution in [0, 0.1) is 5.92 Å². The molecule has 1 aliphatic carbocycles. The molecule has 20 heavy (non-hydrogen) atoms. The molecule has 1 N–H and O–H groups in total. The van der Waals surface area contributed by atoms with Crippen molar-refractivity contribution in [2.24, 2.45) is 5.92 Å². The smallest absolute Gasteiger partial charge is 0.331 e. The molecule has 1 fully saturated rings. The van der Waals surface area contributed by atoms with Gasteiger partial charge in [-0.25, -0.2) is 4.79 Å². The van der Waals surface area contributed by atoms with Gasteiger partial charge in [0.1, 0.15) is 5.54 Å². The van der Waals surface area contributed by atoms with Crippen LogP contribution in [0.25, 0.3) is 0 Å². The molecule has 0 heterocycles. The van der Waals surface area contributed by atoms with Gasteiger partial charge in [-0.3, -0.25) is 0 Å². The van der Waals surface area contributed by atoms with Crippen molar-refractivity contribution in [1.82, 2.24) is 0 Å². The minimum absolute atomic E-state index is 0.139. The maximum Gasteiger partial charge on any atom is 0.331 e. The Hall–Kier alpha value is -1.03. The normalized spacial score (nSPS) is 26.1. The molecule has 0 spiro atoms. The topological polar surface area (TPSA) is 38.3 Å². The summed E-state index contributed by atoms with van der Waals surface area (Å²) < 4.78 is 6.10. The van der Waals surface area contributed by atoms with E-state index >= 15 is 0 Å². The third kappa shape index (κ3) is 2.85. The second-order valence-electron chi connectivity index (χ2n) is 5.42. The van der Waals surface area contributed by atoms with Crippen LogP contribution in [-0.2, 0) is 9.53 Å². The van der Waals surface area contributed by atoms with E-state index in [9.17, 15) is 4.79 Å². The quantitative estimate of drug-likeness (QED) is 0.827. The SMILES string of the molecule is CCC1CCCCC1(Nc1ccccc1Br)C(=O)OC. The van der Waals surface area contributed by atoms with Crippen molar-refractivity contribution in [3.05, 3.63) is 28.7 Å². The van der Waals surface area contributed by atoms with Crippen LogP contribution in [0.3, 0.4) is 0 Å². The van der Waals surface area contributed by atoms with Gasteiger partial charge >= 0.3 is 5.97 Å². The molecule has 0 saturated heterocycles. The number of anilines is 1. The lowest BCUT2D eigenvalue weighted by molar-refractivity contribution is -0.149. The number of hydrogen-bond donors (Lipinski definition) is 1. The molecule has 0 amide bonds. The van der Waals surface area contributed by atoms with Crippen LogP contribution in [-0.4, -0.2) is 18.6 Å². The van der Waals surface area contributed by atoms with E-state index in [0.29, 0.717) is 5.92 Å². The molecule has 0 aliphatic heterocycles. The highest BCUT2D eigenvalue weighted by Gasteiger charge is 2.47. The molecule has 1 aromatic carbocycles. The summed E-state index contributed by atoms with van der Waals surface area (Å²) >= 11 is 3.55. The first-order chi connectivity index (χ1) is 9.64. The Bertz CT molecular complexity index is 477. The summed E-state index contributed by atoms with van der Waals surface area (Å²) in [6.45, 7) is 2.15. The van der Waals surface area contributed by atoms with Crippen LogP contribution < -0.4 is 5.32 Å². The minimum Gasteiger partial charge on any atom is -0.467 e. The van der Waals surface area contributed by atoms with E-state index in [-0.39, 0.29) is 5.97 Å². The molecular weight excluding hydrogens is 318 g/mol. The first-order valence-electron chi connectivity index (χ1n) is 7.25. The van der Waals surface area contributed by atoms with Crippen LogP contribution >= 0.6 is 15.9 Å². The van der Waals surface area contributed by atoms with E-state index in [2.05, 4.69) is 28.2 Å². The maximum atomic E-state index is 12.5. The molecule has 0 radical (unpaired) electrons. The Morgan fingerprint density at radius 3 is 2.85 bits per heavy atom. The van der Waals surface area contributed by atoms with Crippen LogP contribution in [0.5, 0.6) is 0 Å².